The maximum atomic E-state index is 12.9. The van der Waals surface area contributed by atoms with E-state index in [1.54, 1.807) is 0 Å². The van der Waals surface area contributed by atoms with Gasteiger partial charge in [0.25, 0.3) is 0 Å². The number of phenolic OH excluding ortho intramolecular Hbond substituents is 1. The lowest BCUT2D eigenvalue weighted by Gasteiger charge is -2.39. The van der Waals surface area contributed by atoms with Crippen molar-refractivity contribution in [2.75, 3.05) is 0 Å². The van der Waals surface area contributed by atoms with Crippen molar-refractivity contribution in [3.8, 4) is 5.75 Å². The van der Waals surface area contributed by atoms with Gasteiger partial charge in [0.1, 0.15) is 5.75 Å². The lowest BCUT2D eigenvalue weighted by Crippen LogP contribution is -2.43. The summed E-state index contributed by atoms with van der Waals surface area (Å²) >= 11 is 0. The van der Waals surface area contributed by atoms with Crippen LogP contribution in [-0.2, 0) is 16.4 Å². The number of alkyl halides is 3. The Morgan fingerprint density at radius 1 is 1.28 bits per heavy atom. The van der Waals surface area contributed by atoms with Gasteiger partial charge in [0.15, 0.2) is 0 Å². The van der Waals surface area contributed by atoms with Crippen LogP contribution in [0.25, 0.3) is 0 Å². The SMILES string of the molecule is O=C(O)C1(c2c(O)cccc2C(F)(F)F)CCC1. The van der Waals surface area contributed by atoms with Gasteiger partial charge in [0.2, 0.25) is 0 Å². The van der Waals surface area contributed by atoms with Crippen LogP contribution in [0.4, 0.5) is 13.2 Å². The quantitative estimate of drug-likeness (QED) is 0.859. The van der Waals surface area contributed by atoms with Crippen molar-refractivity contribution in [2.24, 2.45) is 0 Å². The topological polar surface area (TPSA) is 57.5 Å². The molecule has 18 heavy (non-hydrogen) atoms. The van der Waals surface area contributed by atoms with E-state index < -0.39 is 34.4 Å². The van der Waals surface area contributed by atoms with Crippen molar-refractivity contribution < 1.29 is 28.2 Å². The van der Waals surface area contributed by atoms with E-state index in [0.717, 1.165) is 18.2 Å². The molecule has 0 amide bonds. The third kappa shape index (κ3) is 1.72. The van der Waals surface area contributed by atoms with Gasteiger partial charge < -0.3 is 10.2 Å². The highest BCUT2D eigenvalue weighted by atomic mass is 19.4. The lowest BCUT2D eigenvalue weighted by atomic mass is 9.63. The van der Waals surface area contributed by atoms with E-state index >= 15 is 0 Å². The number of aliphatic carboxylic acids is 1. The first-order valence-electron chi connectivity index (χ1n) is 5.42. The molecule has 0 aliphatic heterocycles. The van der Waals surface area contributed by atoms with E-state index in [1.165, 1.54) is 0 Å². The molecule has 0 radical (unpaired) electrons. The zero-order chi connectivity index (χ0) is 13.6. The Labute approximate surface area is 101 Å². The average Bonchev–Trinajstić information content (AvgIpc) is 2.16. The van der Waals surface area contributed by atoms with Crippen LogP contribution in [0.3, 0.4) is 0 Å². The summed E-state index contributed by atoms with van der Waals surface area (Å²) in [6.07, 6.45) is -3.91. The summed E-state index contributed by atoms with van der Waals surface area (Å²) in [6.45, 7) is 0. The molecule has 3 nitrogen and oxygen atoms in total. The molecule has 1 aliphatic rings. The highest BCUT2D eigenvalue weighted by Crippen LogP contribution is 2.51. The number of hydrogen-bond acceptors (Lipinski definition) is 2. The van der Waals surface area contributed by atoms with Crippen LogP contribution in [-0.4, -0.2) is 16.2 Å². The zero-order valence-electron chi connectivity index (χ0n) is 9.29. The van der Waals surface area contributed by atoms with Crippen molar-refractivity contribution in [1.82, 2.24) is 0 Å². The number of hydrogen-bond donors (Lipinski definition) is 2. The number of aromatic hydroxyl groups is 1. The molecule has 1 aliphatic carbocycles. The molecule has 2 rings (SSSR count). The summed E-state index contributed by atoms with van der Waals surface area (Å²) in [7, 11) is 0. The molecular formula is C12H11F3O3. The average molecular weight is 260 g/mol. The normalized spacial score (nSPS) is 18.2. The molecule has 6 heteroatoms. The Hall–Kier alpha value is -1.72. The summed E-state index contributed by atoms with van der Waals surface area (Å²) in [5.74, 6) is -1.92. The first kappa shape index (κ1) is 12.7. The molecule has 0 atom stereocenters. The minimum atomic E-state index is -4.67. The minimum Gasteiger partial charge on any atom is -0.508 e. The molecule has 98 valence electrons. The molecule has 1 aromatic rings. The molecule has 0 unspecified atom stereocenters. The maximum Gasteiger partial charge on any atom is 0.416 e. The van der Waals surface area contributed by atoms with E-state index in [9.17, 15) is 28.2 Å². The molecule has 2 N–H and O–H groups in total. The van der Waals surface area contributed by atoms with Gasteiger partial charge in [-0.15, -0.1) is 0 Å². The van der Waals surface area contributed by atoms with E-state index in [4.69, 9.17) is 0 Å². The third-order valence-corrected chi connectivity index (χ3v) is 3.44. The summed E-state index contributed by atoms with van der Waals surface area (Å²) in [5.41, 5.74) is -3.17. The standard InChI is InChI=1S/C12H11F3O3/c13-12(14,15)7-3-1-4-8(16)9(7)11(10(17)18)5-2-6-11/h1,3-4,16H,2,5-6H2,(H,17,18). The van der Waals surface area contributed by atoms with Gasteiger partial charge in [0.05, 0.1) is 11.0 Å². The first-order valence-corrected chi connectivity index (χ1v) is 5.42. The van der Waals surface area contributed by atoms with Crippen molar-refractivity contribution >= 4 is 5.97 Å². The highest BCUT2D eigenvalue weighted by molar-refractivity contribution is 5.84. The summed E-state index contributed by atoms with van der Waals surface area (Å²) in [6, 6.07) is 2.96. The van der Waals surface area contributed by atoms with Crippen LogP contribution in [0, 0.1) is 0 Å². The van der Waals surface area contributed by atoms with Crippen molar-refractivity contribution in [3.63, 3.8) is 0 Å². The minimum absolute atomic E-state index is 0.114. The number of carboxylic acids is 1. The molecule has 0 heterocycles. The van der Waals surface area contributed by atoms with Crippen LogP contribution in [0.5, 0.6) is 5.75 Å². The van der Waals surface area contributed by atoms with Gasteiger partial charge in [0, 0.05) is 5.56 Å². The fourth-order valence-electron chi connectivity index (χ4n) is 2.38. The third-order valence-electron chi connectivity index (χ3n) is 3.44. The summed E-state index contributed by atoms with van der Waals surface area (Å²) in [5, 5.41) is 18.8. The predicted molar refractivity (Wildman–Crippen MR) is 56.3 cm³/mol. The smallest absolute Gasteiger partial charge is 0.416 e. The summed E-state index contributed by atoms with van der Waals surface area (Å²) in [4.78, 5) is 11.3. The number of carbonyl (C=O) groups is 1. The van der Waals surface area contributed by atoms with Crippen molar-refractivity contribution in [2.45, 2.75) is 30.9 Å². The Morgan fingerprint density at radius 2 is 1.89 bits per heavy atom. The van der Waals surface area contributed by atoms with E-state index in [-0.39, 0.29) is 12.8 Å². The Balaban J connectivity index is 2.66. The van der Waals surface area contributed by atoms with Crippen LogP contribution in [0.15, 0.2) is 18.2 Å². The van der Waals surface area contributed by atoms with Crippen molar-refractivity contribution in [3.05, 3.63) is 29.3 Å². The van der Waals surface area contributed by atoms with E-state index in [1.807, 2.05) is 0 Å². The monoisotopic (exact) mass is 260 g/mol. The lowest BCUT2D eigenvalue weighted by molar-refractivity contribution is -0.150. The molecule has 1 aromatic carbocycles. The second-order valence-electron chi connectivity index (χ2n) is 4.44. The largest absolute Gasteiger partial charge is 0.508 e. The van der Waals surface area contributed by atoms with Crippen LogP contribution >= 0.6 is 0 Å². The predicted octanol–water partition coefficient (Wildman–Crippen LogP) is 2.92. The number of benzene rings is 1. The van der Waals surface area contributed by atoms with E-state index in [0.29, 0.717) is 6.42 Å². The van der Waals surface area contributed by atoms with Crippen LogP contribution in [0.1, 0.15) is 30.4 Å². The Kier molecular flexibility index (Phi) is 2.76. The van der Waals surface area contributed by atoms with Gasteiger partial charge in [-0.1, -0.05) is 12.5 Å². The second kappa shape index (κ2) is 3.90. The molecule has 0 bridgehead atoms. The number of carboxylic acid groups (broad SMARTS) is 1. The highest BCUT2D eigenvalue weighted by Gasteiger charge is 2.52. The number of rotatable bonds is 2. The van der Waals surface area contributed by atoms with Gasteiger partial charge in [-0.3, -0.25) is 4.79 Å². The van der Waals surface area contributed by atoms with Gasteiger partial charge in [-0.05, 0) is 25.0 Å². The fourth-order valence-corrected chi connectivity index (χ4v) is 2.38. The Bertz CT molecular complexity index is 490. The molecule has 0 saturated heterocycles. The maximum absolute atomic E-state index is 12.9. The molecule has 1 fully saturated rings. The van der Waals surface area contributed by atoms with Crippen LogP contribution < -0.4 is 0 Å². The van der Waals surface area contributed by atoms with Gasteiger partial charge >= 0.3 is 12.1 Å². The van der Waals surface area contributed by atoms with Gasteiger partial charge in [-0.2, -0.15) is 13.2 Å². The van der Waals surface area contributed by atoms with Gasteiger partial charge in [-0.25, -0.2) is 0 Å². The molecule has 1 saturated carbocycles. The second-order valence-corrected chi connectivity index (χ2v) is 4.44. The summed E-state index contributed by atoms with van der Waals surface area (Å²) < 4.78 is 38.6. The molecular weight excluding hydrogens is 249 g/mol. The number of phenols is 1. The zero-order valence-corrected chi connectivity index (χ0v) is 9.29. The first-order chi connectivity index (χ1) is 8.29. The van der Waals surface area contributed by atoms with Crippen LogP contribution in [0.2, 0.25) is 0 Å². The van der Waals surface area contributed by atoms with Crippen molar-refractivity contribution in [1.29, 1.82) is 0 Å². The molecule has 0 aromatic heterocycles. The fraction of sp³-hybridized carbons (Fsp3) is 0.417. The Morgan fingerprint density at radius 3 is 2.28 bits per heavy atom. The molecule has 0 spiro atoms. The van der Waals surface area contributed by atoms with E-state index in [2.05, 4.69) is 0 Å². The number of halogens is 3.